The predicted molar refractivity (Wildman–Crippen MR) is 134 cm³/mol. The van der Waals surface area contributed by atoms with Crippen LogP contribution in [0.2, 0.25) is 0 Å². The molecule has 0 radical (unpaired) electrons. The molecule has 5 nitrogen and oxygen atoms in total. The number of nitrogens with one attached hydrogen (secondary N) is 1. The van der Waals surface area contributed by atoms with E-state index in [1.54, 1.807) is 0 Å². The molecule has 2 aliphatic heterocycles. The van der Waals surface area contributed by atoms with Gasteiger partial charge < -0.3 is 16.0 Å². The van der Waals surface area contributed by atoms with Crippen molar-refractivity contribution in [3.63, 3.8) is 0 Å². The molecule has 164 valence electrons. The van der Waals surface area contributed by atoms with E-state index in [0.717, 1.165) is 56.1 Å². The Labute approximate surface area is 195 Å². The average Bonchev–Trinajstić information content (AvgIpc) is 2.70. The Hall–Kier alpha value is -1.60. The van der Waals surface area contributed by atoms with E-state index in [4.69, 9.17) is 5.73 Å². The first kappa shape index (κ1) is 24.7. The summed E-state index contributed by atoms with van der Waals surface area (Å²) < 4.78 is 0. The minimum atomic E-state index is 0. The van der Waals surface area contributed by atoms with Crippen molar-refractivity contribution in [2.24, 2.45) is 0 Å². The van der Waals surface area contributed by atoms with E-state index in [0.29, 0.717) is 6.54 Å². The van der Waals surface area contributed by atoms with Crippen molar-refractivity contribution in [3.05, 3.63) is 53.6 Å². The molecule has 2 heterocycles. The lowest BCUT2D eigenvalue weighted by atomic mass is 10.00. The van der Waals surface area contributed by atoms with Gasteiger partial charge in [-0.25, -0.2) is 0 Å². The van der Waals surface area contributed by atoms with Gasteiger partial charge in [0.1, 0.15) is 0 Å². The van der Waals surface area contributed by atoms with Crippen molar-refractivity contribution in [2.45, 2.75) is 19.4 Å². The number of anilines is 3. The lowest BCUT2D eigenvalue weighted by molar-refractivity contribution is -0.115. The molecule has 8 heteroatoms. The summed E-state index contributed by atoms with van der Waals surface area (Å²) >= 11 is 2.02. The largest absolute Gasteiger partial charge is 0.398 e. The Morgan fingerprint density at radius 3 is 2.63 bits per heavy atom. The molecule has 0 saturated carbocycles. The van der Waals surface area contributed by atoms with E-state index in [1.807, 2.05) is 36.0 Å². The highest BCUT2D eigenvalue weighted by molar-refractivity contribution is 7.99. The highest BCUT2D eigenvalue weighted by Crippen LogP contribution is 2.31. The van der Waals surface area contributed by atoms with Crippen LogP contribution in [0, 0.1) is 0 Å². The minimum Gasteiger partial charge on any atom is -0.398 e. The molecule has 0 unspecified atom stereocenters. The van der Waals surface area contributed by atoms with E-state index < -0.39 is 0 Å². The zero-order valence-corrected chi connectivity index (χ0v) is 19.5. The normalized spacial score (nSPS) is 16.1. The van der Waals surface area contributed by atoms with Gasteiger partial charge in [-0.3, -0.25) is 9.69 Å². The first-order valence-corrected chi connectivity index (χ1v) is 11.2. The molecule has 0 aliphatic carbocycles. The number of nitrogen functional groups attached to an aromatic ring is 1. The van der Waals surface area contributed by atoms with Crippen LogP contribution in [-0.2, 0) is 17.8 Å². The number of carbonyl (C=O) groups is 1. The maximum atomic E-state index is 12.7. The zero-order chi connectivity index (χ0) is 19.3. The highest BCUT2D eigenvalue weighted by atomic mass is 35.5. The monoisotopic (exact) mass is 468 g/mol. The number of nitrogens with two attached hydrogens (primary N) is 1. The molecular weight excluding hydrogens is 439 g/mol. The summed E-state index contributed by atoms with van der Waals surface area (Å²) in [6, 6.07) is 14.2. The van der Waals surface area contributed by atoms with Gasteiger partial charge in [-0.1, -0.05) is 18.2 Å². The van der Waals surface area contributed by atoms with Crippen molar-refractivity contribution >= 4 is 59.5 Å². The Morgan fingerprint density at radius 1 is 1.07 bits per heavy atom. The molecule has 2 aliphatic rings. The van der Waals surface area contributed by atoms with E-state index >= 15 is 0 Å². The third kappa shape index (κ3) is 6.20. The van der Waals surface area contributed by atoms with E-state index in [2.05, 4.69) is 33.3 Å². The second-order valence-electron chi connectivity index (χ2n) is 7.51. The van der Waals surface area contributed by atoms with Crippen LogP contribution in [0.1, 0.15) is 17.5 Å². The van der Waals surface area contributed by atoms with Gasteiger partial charge in [-0.05, 0) is 48.2 Å². The Balaban J connectivity index is 0.00000160. The molecule has 0 bridgehead atoms. The lowest BCUT2D eigenvalue weighted by Crippen LogP contribution is -2.37. The van der Waals surface area contributed by atoms with Crippen LogP contribution >= 0.6 is 36.6 Å². The van der Waals surface area contributed by atoms with Crippen molar-refractivity contribution in [1.29, 1.82) is 0 Å². The lowest BCUT2D eigenvalue weighted by Gasteiger charge is -2.31. The Kier molecular flexibility index (Phi) is 9.62. The number of hydrogen-bond donors (Lipinski definition) is 2. The van der Waals surface area contributed by atoms with Crippen molar-refractivity contribution in [3.8, 4) is 0 Å². The average molecular weight is 469 g/mol. The summed E-state index contributed by atoms with van der Waals surface area (Å²) in [5.74, 6) is 2.43. The van der Waals surface area contributed by atoms with Gasteiger partial charge in [-0.2, -0.15) is 11.8 Å². The van der Waals surface area contributed by atoms with Gasteiger partial charge in [0.25, 0.3) is 0 Å². The number of thioether (sulfide) groups is 1. The summed E-state index contributed by atoms with van der Waals surface area (Å²) in [7, 11) is 0. The SMILES string of the molecule is Cl.Cl.Nc1cccc2c1CCCN2CC(=O)Nc1cccc(CN2CCSCC2)c1. The van der Waals surface area contributed by atoms with Crippen molar-refractivity contribution in [2.75, 3.05) is 53.6 Å². The fourth-order valence-electron chi connectivity index (χ4n) is 4.03. The number of hydrogen-bond acceptors (Lipinski definition) is 5. The quantitative estimate of drug-likeness (QED) is 0.647. The predicted octanol–water partition coefficient (Wildman–Crippen LogP) is 4.05. The topological polar surface area (TPSA) is 61.6 Å². The molecule has 0 spiro atoms. The smallest absolute Gasteiger partial charge is 0.243 e. The van der Waals surface area contributed by atoms with Crippen LogP contribution in [0.5, 0.6) is 0 Å². The number of nitrogens with zero attached hydrogens (tertiary/aromatic N) is 2. The number of fused-ring (bicyclic) bond motifs is 1. The third-order valence-corrected chi connectivity index (χ3v) is 6.38. The van der Waals surface area contributed by atoms with E-state index in [9.17, 15) is 4.79 Å². The molecule has 1 amide bonds. The maximum Gasteiger partial charge on any atom is 0.243 e. The highest BCUT2D eigenvalue weighted by Gasteiger charge is 2.20. The molecule has 1 fully saturated rings. The molecule has 2 aromatic carbocycles. The fraction of sp³-hybridized carbons (Fsp3) is 0.409. The number of amides is 1. The molecule has 1 saturated heterocycles. The summed E-state index contributed by atoms with van der Waals surface area (Å²) in [6.45, 7) is 4.46. The maximum absolute atomic E-state index is 12.7. The molecule has 0 atom stereocenters. The van der Waals surface area contributed by atoms with Gasteiger partial charge in [0.2, 0.25) is 5.91 Å². The molecular formula is C22H30Cl2N4OS. The number of carbonyl (C=O) groups excluding carboxylic acids is 1. The first-order chi connectivity index (χ1) is 13.7. The zero-order valence-electron chi connectivity index (χ0n) is 17.0. The van der Waals surface area contributed by atoms with Crippen LogP contribution in [0.25, 0.3) is 0 Å². The molecule has 2 aromatic rings. The van der Waals surface area contributed by atoms with Crippen LogP contribution in [0.3, 0.4) is 0 Å². The number of halogens is 2. The van der Waals surface area contributed by atoms with Gasteiger partial charge >= 0.3 is 0 Å². The van der Waals surface area contributed by atoms with Crippen molar-refractivity contribution in [1.82, 2.24) is 4.90 Å². The second kappa shape index (κ2) is 11.7. The summed E-state index contributed by atoms with van der Waals surface area (Å²) in [4.78, 5) is 17.3. The summed E-state index contributed by atoms with van der Waals surface area (Å²) in [5, 5.41) is 3.08. The summed E-state index contributed by atoms with van der Waals surface area (Å²) in [6.07, 6.45) is 2.01. The molecule has 0 aromatic heterocycles. The van der Waals surface area contributed by atoms with Crippen LogP contribution in [0.15, 0.2) is 42.5 Å². The number of rotatable bonds is 5. The first-order valence-electron chi connectivity index (χ1n) is 10.0. The molecule has 4 rings (SSSR count). The van der Waals surface area contributed by atoms with Crippen molar-refractivity contribution < 1.29 is 4.79 Å². The van der Waals surface area contributed by atoms with E-state index in [-0.39, 0.29) is 30.7 Å². The Morgan fingerprint density at radius 2 is 1.83 bits per heavy atom. The van der Waals surface area contributed by atoms with Crippen LogP contribution < -0.4 is 16.0 Å². The second-order valence-corrected chi connectivity index (χ2v) is 8.73. The third-order valence-electron chi connectivity index (χ3n) is 5.44. The summed E-state index contributed by atoms with van der Waals surface area (Å²) in [5.41, 5.74) is 11.3. The van der Waals surface area contributed by atoms with Crippen LogP contribution in [0.4, 0.5) is 17.1 Å². The van der Waals surface area contributed by atoms with Gasteiger partial charge in [0.05, 0.1) is 6.54 Å². The number of benzene rings is 2. The molecule has 3 N–H and O–H groups in total. The Bertz CT molecular complexity index is 846. The van der Waals surface area contributed by atoms with E-state index in [1.165, 1.54) is 22.6 Å². The van der Waals surface area contributed by atoms with Crippen LogP contribution in [-0.4, -0.2) is 48.5 Å². The van der Waals surface area contributed by atoms with Gasteiger partial charge in [0, 0.05) is 54.7 Å². The van der Waals surface area contributed by atoms with Gasteiger partial charge in [0.15, 0.2) is 0 Å². The fourth-order valence-corrected chi connectivity index (χ4v) is 5.01. The van der Waals surface area contributed by atoms with Gasteiger partial charge in [-0.15, -0.1) is 24.8 Å². The minimum absolute atomic E-state index is 0. The standard InChI is InChI=1S/C22H28N4OS.2ClH/c23-20-7-2-8-21-19(20)6-3-9-26(21)16-22(27)24-18-5-1-4-17(14-18)15-25-10-12-28-13-11-25;;/h1-2,4-5,7-8,14H,3,6,9-13,15-16,23H2,(H,24,27);2*1H. The molecule has 30 heavy (non-hydrogen) atoms.